The maximum atomic E-state index is 13.4. The Bertz CT molecular complexity index is 879. The average Bonchev–Trinajstić information content (AvgIpc) is 3.09. The van der Waals surface area contributed by atoms with E-state index in [0.717, 1.165) is 27.6 Å². The van der Waals surface area contributed by atoms with Crippen LogP contribution in [0.3, 0.4) is 0 Å². The van der Waals surface area contributed by atoms with E-state index in [2.05, 4.69) is 28.1 Å². The lowest BCUT2D eigenvalue weighted by molar-refractivity contribution is -0.114. The Hall–Kier alpha value is -2.00. The van der Waals surface area contributed by atoms with Crippen molar-refractivity contribution in [2.24, 2.45) is 5.41 Å². The zero-order valence-corrected chi connectivity index (χ0v) is 15.0. The third-order valence-corrected chi connectivity index (χ3v) is 5.95. The molecule has 2 aromatic carbocycles. The molecule has 2 aromatic rings. The Morgan fingerprint density at radius 2 is 1.83 bits per heavy atom. The standard InChI is InChI=1S/C21H17BrO2/c1-13(23)18-10-11-19(14-6-8-16(22)9-7-14)21(18)12-15-4-2-3-5-17(15)20(21)24/h2-10,19H,11-12H2,1H3/t19-,21+/m1/s1. The summed E-state index contributed by atoms with van der Waals surface area (Å²) in [6.07, 6.45) is 3.34. The molecule has 0 N–H and O–H groups in total. The Labute approximate surface area is 149 Å². The van der Waals surface area contributed by atoms with Gasteiger partial charge in [0.2, 0.25) is 0 Å². The van der Waals surface area contributed by atoms with Gasteiger partial charge < -0.3 is 0 Å². The predicted molar refractivity (Wildman–Crippen MR) is 97.2 cm³/mol. The molecule has 0 bridgehead atoms. The highest BCUT2D eigenvalue weighted by Gasteiger charge is 2.56. The normalized spacial score (nSPS) is 25.0. The highest BCUT2D eigenvalue weighted by molar-refractivity contribution is 9.10. The molecule has 2 aliphatic rings. The molecule has 3 heteroatoms. The Kier molecular flexibility index (Phi) is 3.57. The van der Waals surface area contributed by atoms with E-state index in [1.54, 1.807) is 6.92 Å². The van der Waals surface area contributed by atoms with E-state index in [1.807, 2.05) is 42.5 Å². The minimum atomic E-state index is -0.733. The number of benzene rings is 2. The van der Waals surface area contributed by atoms with Crippen LogP contribution in [-0.4, -0.2) is 11.6 Å². The van der Waals surface area contributed by atoms with Crippen LogP contribution in [0.15, 0.2) is 64.7 Å². The summed E-state index contributed by atoms with van der Waals surface area (Å²) >= 11 is 3.47. The van der Waals surface area contributed by atoms with E-state index < -0.39 is 5.41 Å². The van der Waals surface area contributed by atoms with E-state index in [9.17, 15) is 9.59 Å². The quantitative estimate of drug-likeness (QED) is 0.743. The molecule has 0 radical (unpaired) electrons. The van der Waals surface area contributed by atoms with Gasteiger partial charge in [0.05, 0.1) is 5.41 Å². The van der Waals surface area contributed by atoms with Gasteiger partial charge >= 0.3 is 0 Å². The number of allylic oxidation sites excluding steroid dienone is 2. The van der Waals surface area contributed by atoms with Crippen LogP contribution in [0.2, 0.25) is 0 Å². The molecule has 0 saturated carbocycles. The largest absolute Gasteiger partial charge is 0.295 e. The van der Waals surface area contributed by atoms with Gasteiger partial charge in [-0.05, 0) is 43.0 Å². The van der Waals surface area contributed by atoms with Crippen LogP contribution < -0.4 is 0 Å². The Morgan fingerprint density at radius 3 is 2.50 bits per heavy atom. The molecule has 0 amide bonds. The minimum absolute atomic E-state index is 0.00997. The maximum Gasteiger partial charge on any atom is 0.174 e. The number of halogens is 1. The number of carbonyl (C=O) groups excluding carboxylic acids is 2. The summed E-state index contributed by atoms with van der Waals surface area (Å²) < 4.78 is 1.01. The van der Waals surface area contributed by atoms with Crippen molar-refractivity contribution in [2.45, 2.75) is 25.7 Å². The predicted octanol–water partition coefficient (Wildman–Crippen LogP) is 4.88. The summed E-state index contributed by atoms with van der Waals surface area (Å²) in [6.45, 7) is 1.58. The fraction of sp³-hybridized carbons (Fsp3) is 0.238. The molecule has 2 atom stereocenters. The molecule has 24 heavy (non-hydrogen) atoms. The summed E-state index contributed by atoms with van der Waals surface area (Å²) in [5.41, 5.74) is 2.90. The van der Waals surface area contributed by atoms with Crippen molar-refractivity contribution in [3.05, 3.63) is 81.3 Å². The second kappa shape index (κ2) is 5.52. The summed E-state index contributed by atoms with van der Waals surface area (Å²) in [6, 6.07) is 15.9. The van der Waals surface area contributed by atoms with Crippen molar-refractivity contribution >= 4 is 27.5 Å². The number of ketones is 2. The molecular formula is C21H17BrO2. The van der Waals surface area contributed by atoms with Crippen LogP contribution in [0, 0.1) is 5.41 Å². The molecule has 0 saturated heterocycles. The number of carbonyl (C=O) groups is 2. The van der Waals surface area contributed by atoms with E-state index in [1.165, 1.54) is 0 Å². The first-order valence-electron chi connectivity index (χ1n) is 8.14. The average molecular weight is 381 g/mol. The molecule has 4 rings (SSSR count). The van der Waals surface area contributed by atoms with Gasteiger partial charge in [-0.3, -0.25) is 9.59 Å². The van der Waals surface area contributed by atoms with Crippen LogP contribution >= 0.6 is 15.9 Å². The van der Waals surface area contributed by atoms with Crippen LogP contribution in [0.5, 0.6) is 0 Å². The topological polar surface area (TPSA) is 34.1 Å². The smallest absolute Gasteiger partial charge is 0.174 e. The first-order chi connectivity index (χ1) is 11.5. The zero-order valence-electron chi connectivity index (χ0n) is 13.4. The minimum Gasteiger partial charge on any atom is -0.295 e. The molecule has 1 spiro atoms. The zero-order chi connectivity index (χ0) is 16.9. The van der Waals surface area contributed by atoms with Crippen molar-refractivity contribution in [2.75, 3.05) is 0 Å². The van der Waals surface area contributed by atoms with Crippen molar-refractivity contribution < 1.29 is 9.59 Å². The van der Waals surface area contributed by atoms with Gasteiger partial charge in [0, 0.05) is 21.5 Å². The van der Waals surface area contributed by atoms with Gasteiger partial charge in [0.15, 0.2) is 11.6 Å². The van der Waals surface area contributed by atoms with Crippen molar-refractivity contribution in [1.29, 1.82) is 0 Å². The first kappa shape index (κ1) is 15.5. The van der Waals surface area contributed by atoms with Crippen molar-refractivity contribution in [3.8, 4) is 0 Å². The monoisotopic (exact) mass is 380 g/mol. The van der Waals surface area contributed by atoms with E-state index in [0.29, 0.717) is 12.0 Å². The number of hydrogen-bond acceptors (Lipinski definition) is 2. The molecule has 2 nitrogen and oxygen atoms in total. The fourth-order valence-corrected chi connectivity index (χ4v) is 4.66. The van der Waals surface area contributed by atoms with E-state index in [-0.39, 0.29) is 17.5 Å². The second-order valence-electron chi connectivity index (χ2n) is 6.65. The van der Waals surface area contributed by atoms with E-state index >= 15 is 0 Å². The lowest BCUT2D eigenvalue weighted by Gasteiger charge is -2.32. The molecular weight excluding hydrogens is 364 g/mol. The summed E-state index contributed by atoms with van der Waals surface area (Å²) in [4.78, 5) is 25.7. The molecule has 0 fully saturated rings. The maximum absolute atomic E-state index is 13.4. The molecule has 0 unspecified atom stereocenters. The van der Waals surface area contributed by atoms with Gasteiger partial charge in [-0.2, -0.15) is 0 Å². The van der Waals surface area contributed by atoms with Crippen LogP contribution in [0.1, 0.15) is 40.7 Å². The second-order valence-corrected chi connectivity index (χ2v) is 7.56. The Balaban J connectivity index is 1.88. The molecule has 2 aliphatic carbocycles. The third-order valence-electron chi connectivity index (χ3n) is 5.42. The highest BCUT2D eigenvalue weighted by atomic mass is 79.9. The van der Waals surface area contributed by atoms with Gasteiger partial charge in [0.1, 0.15) is 0 Å². The van der Waals surface area contributed by atoms with Gasteiger partial charge in [0.25, 0.3) is 0 Å². The lowest BCUT2D eigenvalue weighted by Crippen LogP contribution is -2.36. The molecule has 0 aliphatic heterocycles. The third kappa shape index (κ3) is 2.07. The summed E-state index contributed by atoms with van der Waals surface area (Å²) in [5.74, 6) is 0.130. The van der Waals surface area contributed by atoms with Crippen LogP contribution in [-0.2, 0) is 11.2 Å². The lowest BCUT2D eigenvalue weighted by atomic mass is 9.67. The van der Waals surface area contributed by atoms with Gasteiger partial charge in [-0.15, -0.1) is 0 Å². The summed E-state index contributed by atoms with van der Waals surface area (Å²) in [5, 5.41) is 0. The number of fused-ring (bicyclic) bond motifs is 1. The molecule has 0 aromatic heterocycles. The Morgan fingerprint density at radius 1 is 1.12 bits per heavy atom. The number of rotatable bonds is 2. The van der Waals surface area contributed by atoms with Gasteiger partial charge in [-0.1, -0.05) is 58.4 Å². The molecule has 0 heterocycles. The van der Waals surface area contributed by atoms with E-state index in [4.69, 9.17) is 0 Å². The van der Waals surface area contributed by atoms with Crippen LogP contribution in [0.25, 0.3) is 0 Å². The number of Topliss-reactive ketones (excluding diaryl/α,β-unsaturated/α-hetero) is 2. The SMILES string of the molecule is CC(=O)C1=CC[C@H](c2ccc(Br)cc2)[C@]12Cc1ccccc1C2=O. The first-order valence-corrected chi connectivity index (χ1v) is 8.93. The fourth-order valence-electron chi connectivity index (χ4n) is 4.40. The summed E-state index contributed by atoms with van der Waals surface area (Å²) in [7, 11) is 0. The van der Waals surface area contributed by atoms with Crippen molar-refractivity contribution in [1.82, 2.24) is 0 Å². The molecule has 120 valence electrons. The highest BCUT2D eigenvalue weighted by Crippen LogP contribution is 2.57. The van der Waals surface area contributed by atoms with Gasteiger partial charge in [-0.25, -0.2) is 0 Å². The number of hydrogen-bond donors (Lipinski definition) is 0. The van der Waals surface area contributed by atoms with Crippen LogP contribution in [0.4, 0.5) is 0 Å². The van der Waals surface area contributed by atoms with Crippen molar-refractivity contribution in [3.63, 3.8) is 0 Å².